The van der Waals surface area contributed by atoms with Gasteiger partial charge in [0.05, 0.1) is 16.3 Å². The van der Waals surface area contributed by atoms with Crippen LogP contribution in [-0.2, 0) is 0 Å². The molecule has 1 aromatic heterocycles. The second-order valence-corrected chi connectivity index (χ2v) is 11.0. The molecule has 2 bridgehead atoms. The summed E-state index contributed by atoms with van der Waals surface area (Å²) < 4.78 is 0. The summed E-state index contributed by atoms with van der Waals surface area (Å²) in [4.78, 5) is 17.5. The zero-order valence-corrected chi connectivity index (χ0v) is 21.2. The van der Waals surface area contributed by atoms with Crippen LogP contribution in [0.1, 0.15) is 32.3 Å². The molecule has 2 aromatic carbocycles. The minimum Gasteiger partial charge on any atom is -0.378 e. The van der Waals surface area contributed by atoms with Gasteiger partial charge in [0.25, 0.3) is 5.69 Å². The van der Waals surface area contributed by atoms with Gasteiger partial charge in [0.15, 0.2) is 0 Å². The maximum absolute atomic E-state index is 11.1. The van der Waals surface area contributed by atoms with Crippen molar-refractivity contribution in [2.24, 2.45) is 22.4 Å². The molecular weight excluding hydrogens is 458 g/mol. The van der Waals surface area contributed by atoms with E-state index in [9.17, 15) is 10.1 Å². The van der Waals surface area contributed by atoms with Crippen molar-refractivity contribution in [1.82, 2.24) is 4.98 Å². The van der Waals surface area contributed by atoms with Gasteiger partial charge in [-0.1, -0.05) is 38.1 Å². The number of nitrogens with zero attached hydrogens (tertiary/aromatic N) is 4. The Hall–Kier alpha value is -3.52. The third-order valence-electron chi connectivity index (χ3n) is 7.48. The first-order chi connectivity index (χ1) is 16.7. The highest BCUT2D eigenvalue weighted by atomic mass is 32.1. The van der Waals surface area contributed by atoms with E-state index in [0.717, 1.165) is 17.7 Å². The molecule has 0 amide bonds. The van der Waals surface area contributed by atoms with Crippen molar-refractivity contribution >= 4 is 39.6 Å². The Morgan fingerprint density at radius 3 is 2.69 bits per heavy atom. The van der Waals surface area contributed by atoms with Crippen molar-refractivity contribution in [3.63, 3.8) is 0 Å². The SMILES string of the molecule is CN(C)c1ccc(C=C2CC3CC(C2=NNc2nc(-c4cccc([N+](=O)[O-])c4)cs2)C3(C)C)cc1. The highest BCUT2D eigenvalue weighted by molar-refractivity contribution is 7.14. The topological polar surface area (TPSA) is 83.7 Å². The van der Waals surface area contributed by atoms with Crippen LogP contribution in [0.5, 0.6) is 0 Å². The van der Waals surface area contributed by atoms with Crippen molar-refractivity contribution in [2.45, 2.75) is 26.7 Å². The van der Waals surface area contributed by atoms with E-state index in [0.29, 0.717) is 22.7 Å². The van der Waals surface area contributed by atoms with E-state index < -0.39 is 0 Å². The van der Waals surface area contributed by atoms with Gasteiger partial charge in [-0.15, -0.1) is 11.3 Å². The first-order valence-electron chi connectivity index (χ1n) is 11.7. The summed E-state index contributed by atoms with van der Waals surface area (Å²) in [6, 6.07) is 15.1. The Labute approximate surface area is 209 Å². The Balaban J connectivity index is 1.40. The Kier molecular flexibility index (Phi) is 5.92. The van der Waals surface area contributed by atoms with Gasteiger partial charge < -0.3 is 4.90 Å². The van der Waals surface area contributed by atoms with E-state index in [4.69, 9.17) is 5.10 Å². The van der Waals surface area contributed by atoms with Crippen LogP contribution in [0.4, 0.5) is 16.5 Å². The molecule has 1 N–H and O–H groups in total. The number of fused-ring (bicyclic) bond motifs is 2. The zero-order chi connectivity index (χ0) is 24.7. The van der Waals surface area contributed by atoms with Gasteiger partial charge in [-0.05, 0) is 53.5 Å². The lowest BCUT2D eigenvalue weighted by Crippen LogP contribution is -2.53. The lowest BCUT2D eigenvalue weighted by Gasteiger charge is -2.57. The minimum absolute atomic E-state index is 0.0580. The van der Waals surface area contributed by atoms with Crippen LogP contribution in [0.25, 0.3) is 17.3 Å². The van der Waals surface area contributed by atoms with Gasteiger partial charge in [0.2, 0.25) is 5.13 Å². The summed E-state index contributed by atoms with van der Waals surface area (Å²) >= 11 is 1.45. The quantitative estimate of drug-likeness (QED) is 0.309. The third-order valence-corrected chi connectivity index (χ3v) is 8.22. The molecule has 3 aliphatic carbocycles. The molecule has 0 aliphatic heterocycles. The number of hydrogen-bond donors (Lipinski definition) is 1. The van der Waals surface area contributed by atoms with Crippen LogP contribution >= 0.6 is 11.3 Å². The van der Waals surface area contributed by atoms with Crippen molar-refractivity contribution in [3.8, 4) is 11.3 Å². The molecule has 2 atom stereocenters. The van der Waals surface area contributed by atoms with Gasteiger partial charge in [0.1, 0.15) is 0 Å². The van der Waals surface area contributed by atoms with Crippen molar-refractivity contribution < 1.29 is 4.92 Å². The summed E-state index contributed by atoms with van der Waals surface area (Å²) in [5.74, 6) is 1.09. The normalized spacial score (nSPS) is 22.6. The molecule has 3 saturated carbocycles. The van der Waals surface area contributed by atoms with Gasteiger partial charge in [-0.25, -0.2) is 4.98 Å². The molecule has 6 rings (SSSR count). The van der Waals surface area contributed by atoms with Gasteiger partial charge in [0, 0.05) is 48.8 Å². The Morgan fingerprint density at radius 1 is 1.23 bits per heavy atom. The van der Waals surface area contributed by atoms with E-state index in [1.54, 1.807) is 12.1 Å². The molecular formula is C27H29N5O2S. The van der Waals surface area contributed by atoms with E-state index >= 15 is 0 Å². The van der Waals surface area contributed by atoms with E-state index in [1.807, 2.05) is 25.5 Å². The van der Waals surface area contributed by atoms with E-state index in [-0.39, 0.29) is 16.0 Å². The number of hydrogen-bond acceptors (Lipinski definition) is 7. The molecule has 180 valence electrons. The highest BCUT2D eigenvalue weighted by Crippen LogP contribution is 2.59. The predicted molar refractivity (Wildman–Crippen MR) is 144 cm³/mol. The molecule has 7 nitrogen and oxygen atoms in total. The van der Waals surface area contributed by atoms with Gasteiger partial charge in [-0.2, -0.15) is 5.10 Å². The molecule has 0 saturated heterocycles. The summed E-state index contributed by atoms with van der Waals surface area (Å²) in [7, 11) is 4.09. The number of anilines is 2. The molecule has 3 aliphatic rings. The fourth-order valence-electron chi connectivity index (χ4n) is 5.12. The molecule has 8 heteroatoms. The van der Waals surface area contributed by atoms with Crippen LogP contribution in [-0.4, -0.2) is 29.7 Å². The number of aromatic nitrogens is 1. The lowest BCUT2D eigenvalue weighted by molar-refractivity contribution is -0.384. The Bertz CT molecular complexity index is 1320. The fourth-order valence-corrected chi connectivity index (χ4v) is 5.78. The molecule has 0 radical (unpaired) electrons. The number of nitro benzene ring substituents is 1. The smallest absolute Gasteiger partial charge is 0.270 e. The van der Waals surface area contributed by atoms with E-state index in [2.05, 4.69) is 59.5 Å². The second kappa shape index (κ2) is 8.92. The van der Waals surface area contributed by atoms with Crippen molar-refractivity contribution in [3.05, 3.63) is 75.2 Å². The first kappa shape index (κ1) is 23.2. The lowest BCUT2D eigenvalue weighted by atomic mass is 9.47. The maximum atomic E-state index is 11.1. The maximum Gasteiger partial charge on any atom is 0.270 e. The van der Waals surface area contributed by atoms with Crippen LogP contribution in [0.3, 0.4) is 0 Å². The number of rotatable bonds is 6. The average Bonchev–Trinajstić information content (AvgIpc) is 3.32. The molecule has 3 aromatic rings. The van der Waals surface area contributed by atoms with Crippen molar-refractivity contribution in [2.75, 3.05) is 24.4 Å². The number of non-ortho nitro benzene ring substituents is 1. The Morgan fingerprint density at radius 2 is 2.00 bits per heavy atom. The number of hydrazone groups is 1. The van der Waals surface area contributed by atoms with Crippen LogP contribution in [0.15, 0.2) is 64.6 Å². The summed E-state index contributed by atoms with van der Waals surface area (Å²) in [5.41, 5.74) is 9.66. The summed E-state index contributed by atoms with van der Waals surface area (Å²) in [6.07, 6.45) is 4.46. The number of allylic oxidation sites excluding steroid dienone is 1. The standard InChI is InChI=1S/C27H29N5O2S/c1-27(2)20-13-19(12-17-8-10-21(11-9-17)31(3)4)25(23(27)15-20)29-30-26-28-24(16-35-26)18-6-5-7-22(14-18)32(33)34/h5-12,14,16,20,23H,13,15H2,1-4H3,(H,28,30). The largest absolute Gasteiger partial charge is 0.378 e. The van der Waals surface area contributed by atoms with E-state index in [1.165, 1.54) is 40.6 Å². The van der Waals surface area contributed by atoms with Gasteiger partial charge >= 0.3 is 0 Å². The minimum atomic E-state index is -0.389. The third kappa shape index (κ3) is 4.46. The second-order valence-electron chi connectivity index (χ2n) is 10.1. The molecule has 35 heavy (non-hydrogen) atoms. The zero-order valence-electron chi connectivity index (χ0n) is 20.4. The highest BCUT2D eigenvalue weighted by Gasteiger charge is 2.54. The number of nitrogens with one attached hydrogen (secondary N) is 1. The summed E-state index contributed by atoms with van der Waals surface area (Å²) in [6.45, 7) is 4.68. The predicted octanol–water partition coefficient (Wildman–Crippen LogP) is 6.70. The molecule has 1 heterocycles. The number of nitro groups is 1. The van der Waals surface area contributed by atoms with Gasteiger partial charge in [-0.3, -0.25) is 15.5 Å². The van der Waals surface area contributed by atoms with Crippen LogP contribution < -0.4 is 10.3 Å². The van der Waals surface area contributed by atoms with Crippen LogP contribution in [0.2, 0.25) is 0 Å². The fraction of sp³-hybridized carbons (Fsp3) is 0.333. The molecule has 3 fully saturated rings. The van der Waals surface area contributed by atoms with Crippen LogP contribution in [0, 0.1) is 27.4 Å². The average molecular weight is 488 g/mol. The number of thiazole rings is 1. The monoisotopic (exact) mass is 487 g/mol. The van der Waals surface area contributed by atoms with Crippen molar-refractivity contribution in [1.29, 1.82) is 0 Å². The summed E-state index contributed by atoms with van der Waals surface area (Å²) in [5, 5.41) is 18.6. The number of benzene rings is 2. The molecule has 2 unspecified atom stereocenters. The first-order valence-corrected chi connectivity index (χ1v) is 12.6. The molecule has 0 spiro atoms.